The summed E-state index contributed by atoms with van der Waals surface area (Å²) in [7, 11) is 0. The first-order valence-corrected chi connectivity index (χ1v) is 7.74. The minimum absolute atomic E-state index is 0.0321. The van der Waals surface area contributed by atoms with Crippen molar-refractivity contribution in [2.75, 3.05) is 18.0 Å². The second-order valence-electron chi connectivity index (χ2n) is 5.82. The van der Waals surface area contributed by atoms with E-state index < -0.39 is 0 Å². The van der Waals surface area contributed by atoms with Gasteiger partial charge in [-0.3, -0.25) is 9.89 Å². The molecule has 0 bridgehead atoms. The Balaban J connectivity index is 1.67. The van der Waals surface area contributed by atoms with E-state index in [0.29, 0.717) is 12.2 Å². The van der Waals surface area contributed by atoms with Crippen LogP contribution in [0, 0.1) is 11.3 Å². The number of aromatic amines is 1. The van der Waals surface area contributed by atoms with Crippen LogP contribution in [0.1, 0.15) is 12.8 Å². The number of carbonyl (C=O) groups is 1. The third-order valence-corrected chi connectivity index (χ3v) is 4.28. The van der Waals surface area contributed by atoms with E-state index in [1.54, 1.807) is 18.6 Å². The summed E-state index contributed by atoms with van der Waals surface area (Å²) in [6, 6.07) is 3.85. The van der Waals surface area contributed by atoms with E-state index in [9.17, 15) is 4.79 Å². The van der Waals surface area contributed by atoms with Crippen molar-refractivity contribution in [3.8, 4) is 6.07 Å². The molecule has 24 heavy (non-hydrogen) atoms. The number of pyridine rings is 1. The van der Waals surface area contributed by atoms with Crippen LogP contribution in [0.4, 0.5) is 5.82 Å². The van der Waals surface area contributed by atoms with Crippen molar-refractivity contribution >= 4 is 33.5 Å². The predicted octanol–water partition coefficient (Wildman–Crippen LogP) is 1.11. The van der Waals surface area contributed by atoms with E-state index >= 15 is 0 Å². The van der Waals surface area contributed by atoms with E-state index in [1.165, 1.54) is 0 Å². The zero-order valence-corrected chi connectivity index (χ0v) is 12.9. The van der Waals surface area contributed by atoms with Gasteiger partial charge in [0.2, 0.25) is 5.91 Å². The molecule has 2 N–H and O–H groups in total. The molecule has 1 aliphatic rings. The highest BCUT2D eigenvalue weighted by Crippen LogP contribution is 2.31. The Kier molecular flexibility index (Phi) is 3.46. The normalized spacial score (nSPS) is 17.3. The van der Waals surface area contributed by atoms with Gasteiger partial charge in [0, 0.05) is 47.7 Å². The summed E-state index contributed by atoms with van der Waals surface area (Å²) in [6.07, 6.45) is 5.99. The molecule has 1 fully saturated rings. The Bertz CT molecular complexity index is 958. The molecule has 0 aromatic carbocycles. The number of hydrogen-bond donors (Lipinski definition) is 2. The average Bonchev–Trinajstić information content (AvgIpc) is 3.23. The van der Waals surface area contributed by atoms with Crippen LogP contribution in [-0.4, -0.2) is 45.2 Å². The van der Waals surface area contributed by atoms with E-state index in [0.717, 1.165) is 34.9 Å². The molecule has 120 valence electrons. The van der Waals surface area contributed by atoms with Gasteiger partial charge < -0.3 is 10.2 Å². The monoisotopic (exact) mass is 321 g/mol. The van der Waals surface area contributed by atoms with Gasteiger partial charge in [0.25, 0.3) is 0 Å². The number of H-pyrrole nitrogens is 1. The van der Waals surface area contributed by atoms with Gasteiger partial charge in [0.15, 0.2) is 5.65 Å². The molecular formula is C16H15N7O. The Morgan fingerprint density at radius 1 is 1.46 bits per heavy atom. The molecule has 1 amide bonds. The molecule has 0 radical (unpaired) electrons. The van der Waals surface area contributed by atoms with Crippen molar-refractivity contribution in [2.24, 2.45) is 0 Å². The largest absolute Gasteiger partial charge is 0.354 e. The van der Waals surface area contributed by atoms with E-state index in [2.05, 4.69) is 30.4 Å². The number of anilines is 1. The lowest BCUT2D eigenvalue weighted by Crippen LogP contribution is -2.37. The Morgan fingerprint density at radius 2 is 2.38 bits per heavy atom. The number of fused-ring (bicyclic) bond motifs is 3. The topological polar surface area (TPSA) is 111 Å². The molecule has 8 nitrogen and oxygen atoms in total. The van der Waals surface area contributed by atoms with Crippen LogP contribution in [0.5, 0.6) is 0 Å². The number of aromatic nitrogens is 4. The maximum Gasteiger partial charge on any atom is 0.234 e. The number of rotatable bonds is 3. The van der Waals surface area contributed by atoms with Gasteiger partial charge >= 0.3 is 0 Å². The second-order valence-corrected chi connectivity index (χ2v) is 5.82. The maximum absolute atomic E-state index is 11.6. The molecule has 1 aliphatic heterocycles. The minimum atomic E-state index is -0.226. The highest BCUT2D eigenvalue weighted by molar-refractivity contribution is 6.10. The summed E-state index contributed by atoms with van der Waals surface area (Å²) in [5.74, 6) is 0.682. The lowest BCUT2D eigenvalue weighted by molar-refractivity contribution is -0.120. The van der Waals surface area contributed by atoms with Crippen LogP contribution in [0.2, 0.25) is 0 Å². The molecule has 0 saturated carbocycles. The maximum atomic E-state index is 11.6. The van der Waals surface area contributed by atoms with Crippen molar-refractivity contribution in [3.05, 3.63) is 24.7 Å². The summed E-state index contributed by atoms with van der Waals surface area (Å²) in [6.45, 7) is 1.47. The van der Waals surface area contributed by atoms with Crippen molar-refractivity contribution in [1.82, 2.24) is 25.5 Å². The van der Waals surface area contributed by atoms with Gasteiger partial charge in [-0.15, -0.1) is 0 Å². The first-order chi connectivity index (χ1) is 11.8. The third-order valence-electron chi connectivity index (χ3n) is 4.28. The molecule has 1 unspecified atom stereocenters. The Morgan fingerprint density at radius 3 is 3.25 bits per heavy atom. The molecule has 1 atom stereocenters. The molecule has 4 heterocycles. The van der Waals surface area contributed by atoms with E-state index in [1.807, 2.05) is 12.1 Å². The van der Waals surface area contributed by atoms with Gasteiger partial charge in [0.1, 0.15) is 12.2 Å². The fourth-order valence-electron chi connectivity index (χ4n) is 3.22. The van der Waals surface area contributed by atoms with Crippen LogP contribution in [0.3, 0.4) is 0 Å². The number of nitrogens with one attached hydrogen (secondary N) is 2. The average molecular weight is 321 g/mol. The number of hydrogen-bond acceptors (Lipinski definition) is 6. The minimum Gasteiger partial charge on any atom is -0.354 e. The van der Waals surface area contributed by atoms with Gasteiger partial charge in [-0.1, -0.05) is 0 Å². The van der Waals surface area contributed by atoms with Crippen molar-refractivity contribution in [2.45, 2.75) is 18.9 Å². The van der Waals surface area contributed by atoms with Crippen LogP contribution >= 0.6 is 0 Å². The highest BCUT2D eigenvalue weighted by Gasteiger charge is 2.26. The van der Waals surface area contributed by atoms with Crippen LogP contribution in [0.15, 0.2) is 24.7 Å². The molecule has 3 aromatic heterocycles. The van der Waals surface area contributed by atoms with Gasteiger partial charge in [-0.05, 0) is 12.5 Å². The number of carbonyl (C=O) groups excluding carboxylic acids is 1. The van der Waals surface area contributed by atoms with Crippen molar-refractivity contribution < 1.29 is 4.79 Å². The third kappa shape index (κ3) is 2.40. The van der Waals surface area contributed by atoms with Gasteiger partial charge in [-0.25, -0.2) is 9.97 Å². The first-order valence-electron chi connectivity index (χ1n) is 7.74. The van der Waals surface area contributed by atoms with E-state index in [-0.39, 0.29) is 18.4 Å². The Labute approximate surface area is 137 Å². The fourth-order valence-corrected chi connectivity index (χ4v) is 3.22. The molecule has 3 aromatic rings. The lowest BCUT2D eigenvalue weighted by Gasteiger charge is -2.20. The highest BCUT2D eigenvalue weighted by atomic mass is 16.1. The summed E-state index contributed by atoms with van der Waals surface area (Å²) >= 11 is 0. The second kappa shape index (κ2) is 5.77. The summed E-state index contributed by atoms with van der Waals surface area (Å²) in [5.41, 5.74) is 0.710. The van der Waals surface area contributed by atoms with Crippen LogP contribution in [-0.2, 0) is 4.79 Å². The SMILES string of the molecule is N#CCC(=O)NC1CCN(c2[nH]ncc3cnc4nccc4c23)C1. The molecule has 4 rings (SSSR count). The molecule has 1 saturated heterocycles. The van der Waals surface area contributed by atoms with Gasteiger partial charge in [-0.2, -0.15) is 10.4 Å². The van der Waals surface area contributed by atoms with E-state index in [4.69, 9.17) is 5.26 Å². The quantitative estimate of drug-likeness (QED) is 0.748. The first kappa shape index (κ1) is 14.4. The zero-order chi connectivity index (χ0) is 16.5. The standard InChI is InChI=1S/C16H15N7O/c17-4-1-13(24)21-11-3-6-23(9-11)16-14-10(8-20-22-16)7-19-15-12(14)2-5-18-15/h2,5,7-8,11,22H,1,3,6,9H2,(H,21,24). The molecular weight excluding hydrogens is 306 g/mol. The Hall–Kier alpha value is -3.21. The lowest BCUT2D eigenvalue weighted by atomic mass is 10.1. The smallest absolute Gasteiger partial charge is 0.234 e. The summed E-state index contributed by atoms with van der Waals surface area (Å²) in [4.78, 5) is 22.4. The fraction of sp³-hybridized carbons (Fsp3) is 0.312. The van der Waals surface area contributed by atoms with Crippen molar-refractivity contribution in [3.63, 3.8) is 0 Å². The van der Waals surface area contributed by atoms with Crippen molar-refractivity contribution in [1.29, 1.82) is 5.26 Å². The predicted molar refractivity (Wildman–Crippen MR) is 88.2 cm³/mol. The molecule has 8 heteroatoms. The van der Waals surface area contributed by atoms with Crippen LogP contribution in [0.25, 0.3) is 21.8 Å². The summed E-state index contributed by atoms with van der Waals surface area (Å²) in [5, 5.41) is 21.8. The van der Waals surface area contributed by atoms with Crippen LogP contribution < -0.4 is 10.2 Å². The zero-order valence-electron chi connectivity index (χ0n) is 12.9. The number of nitrogens with zero attached hydrogens (tertiary/aromatic N) is 5. The number of amides is 1. The molecule has 0 spiro atoms. The molecule has 0 aliphatic carbocycles. The van der Waals surface area contributed by atoms with Gasteiger partial charge in [0.05, 0.1) is 12.3 Å². The summed E-state index contributed by atoms with van der Waals surface area (Å²) < 4.78 is 0. The number of nitriles is 1.